The topological polar surface area (TPSA) is 57.6 Å². The second kappa shape index (κ2) is 8.24. The Bertz CT molecular complexity index is 783. The molecule has 1 aliphatic heterocycles. The largest absolute Gasteiger partial charge is 0.295 e. The van der Waals surface area contributed by atoms with Gasteiger partial charge in [-0.2, -0.15) is 8.42 Å². The lowest BCUT2D eigenvalue weighted by Crippen LogP contribution is -2.30. The molecule has 24 heavy (non-hydrogen) atoms. The minimum atomic E-state index is -4.02. The van der Waals surface area contributed by atoms with Gasteiger partial charge in [0.15, 0.2) is 0 Å². The van der Waals surface area contributed by atoms with Gasteiger partial charge in [-0.15, -0.1) is 6.58 Å². The first kappa shape index (κ1) is 18.4. The van der Waals surface area contributed by atoms with Crippen LogP contribution in [0, 0.1) is 6.92 Å². The summed E-state index contributed by atoms with van der Waals surface area (Å²) in [5.74, 6) is 0. The highest BCUT2D eigenvalue weighted by molar-refractivity contribution is 7.85. The molecule has 1 heterocycles. The van der Waals surface area contributed by atoms with Crippen molar-refractivity contribution in [3.05, 3.63) is 77.9 Å². The van der Waals surface area contributed by atoms with Crippen LogP contribution in [0.1, 0.15) is 16.7 Å². The van der Waals surface area contributed by atoms with E-state index in [4.69, 9.17) is 4.55 Å². The zero-order chi connectivity index (χ0) is 17.6. The van der Waals surface area contributed by atoms with Crippen molar-refractivity contribution in [2.24, 2.45) is 0 Å². The number of aryl methyl sites for hydroxylation is 1. The van der Waals surface area contributed by atoms with Crippen molar-refractivity contribution in [1.29, 1.82) is 0 Å². The Kier molecular flexibility index (Phi) is 6.31. The van der Waals surface area contributed by atoms with Crippen molar-refractivity contribution in [3.8, 4) is 0 Å². The van der Waals surface area contributed by atoms with Crippen LogP contribution in [-0.4, -0.2) is 31.0 Å². The predicted molar refractivity (Wildman–Crippen MR) is 96.6 cm³/mol. The van der Waals surface area contributed by atoms with Crippen molar-refractivity contribution in [2.75, 3.05) is 13.1 Å². The van der Waals surface area contributed by atoms with Crippen LogP contribution in [0.3, 0.4) is 0 Å². The highest BCUT2D eigenvalue weighted by Gasteiger charge is 2.13. The summed E-state index contributed by atoms with van der Waals surface area (Å²) in [7, 11) is -4.02. The Hall–Kier alpha value is -1.95. The molecule has 0 bridgehead atoms. The van der Waals surface area contributed by atoms with E-state index in [1.165, 1.54) is 36.2 Å². The fourth-order valence-corrected chi connectivity index (χ4v) is 3.08. The second-order valence-corrected chi connectivity index (χ2v) is 7.25. The molecule has 0 saturated heterocycles. The minimum Gasteiger partial charge on any atom is -0.295 e. The average Bonchev–Trinajstić information content (AvgIpc) is 2.55. The molecular formula is C19H23NO3S. The lowest BCUT2D eigenvalue weighted by Gasteiger charge is -2.27. The first-order chi connectivity index (χ1) is 11.4. The van der Waals surface area contributed by atoms with Crippen molar-refractivity contribution in [1.82, 2.24) is 4.90 Å². The van der Waals surface area contributed by atoms with Gasteiger partial charge in [-0.05, 0) is 36.6 Å². The van der Waals surface area contributed by atoms with Crippen LogP contribution in [0.5, 0.6) is 0 Å². The SMILES string of the molecule is C=CCN1CCc2ccccc2C1.Cc1ccc(S(=O)(=O)O)cc1. The third kappa shape index (κ3) is 5.30. The molecule has 0 radical (unpaired) electrons. The summed E-state index contributed by atoms with van der Waals surface area (Å²) >= 11 is 0. The molecule has 5 heteroatoms. The second-order valence-electron chi connectivity index (χ2n) is 5.83. The summed E-state index contributed by atoms with van der Waals surface area (Å²) in [6.45, 7) is 8.87. The van der Waals surface area contributed by atoms with Crippen molar-refractivity contribution < 1.29 is 13.0 Å². The van der Waals surface area contributed by atoms with E-state index in [2.05, 4.69) is 35.7 Å². The van der Waals surface area contributed by atoms with Gasteiger partial charge >= 0.3 is 0 Å². The molecule has 128 valence electrons. The fourth-order valence-electron chi connectivity index (χ4n) is 2.60. The molecule has 0 aliphatic carbocycles. The Morgan fingerprint density at radius 3 is 2.33 bits per heavy atom. The molecule has 0 unspecified atom stereocenters. The zero-order valence-corrected chi connectivity index (χ0v) is 14.7. The Labute approximate surface area is 144 Å². The van der Waals surface area contributed by atoms with Crippen LogP contribution < -0.4 is 0 Å². The van der Waals surface area contributed by atoms with Gasteiger partial charge in [0, 0.05) is 19.6 Å². The molecule has 4 nitrogen and oxygen atoms in total. The summed E-state index contributed by atoms with van der Waals surface area (Å²) in [6.07, 6.45) is 3.16. The van der Waals surface area contributed by atoms with Crippen molar-refractivity contribution >= 4 is 10.1 Å². The summed E-state index contributed by atoms with van der Waals surface area (Å²) in [5.41, 5.74) is 3.95. The fraction of sp³-hybridized carbons (Fsp3) is 0.263. The van der Waals surface area contributed by atoms with Gasteiger partial charge in [0.05, 0.1) is 4.90 Å². The number of hydrogen-bond acceptors (Lipinski definition) is 3. The first-order valence-electron chi connectivity index (χ1n) is 7.84. The van der Waals surface area contributed by atoms with E-state index in [0.717, 1.165) is 18.7 Å². The van der Waals surface area contributed by atoms with Gasteiger partial charge in [-0.25, -0.2) is 0 Å². The maximum atomic E-state index is 10.5. The molecule has 2 aromatic rings. The maximum Gasteiger partial charge on any atom is 0.294 e. The average molecular weight is 345 g/mol. The summed E-state index contributed by atoms with van der Waals surface area (Å²) < 4.78 is 29.6. The van der Waals surface area contributed by atoms with Crippen LogP contribution in [0.4, 0.5) is 0 Å². The standard InChI is InChI=1S/C12H15N.C7H8O3S/c1-2-8-13-9-7-11-5-3-4-6-12(11)10-13;1-6-2-4-7(5-3-6)11(8,9)10/h2-6H,1,7-10H2;2-5H,1H3,(H,8,9,10). The van der Waals surface area contributed by atoms with Gasteiger partial charge in [-0.3, -0.25) is 9.45 Å². The minimum absolute atomic E-state index is 0.0666. The summed E-state index contributed by atoms with van der Waals surface area (Å²) in [6, 6.07) is 14.7. The van der Waals surface area contributed by atoms with Gasteiger partial charge in [0.2, 0.25) is 0 Å². The molecule has 0 amide bonds. The van der Waals surface area contributed by atoms with Crippen molar-refractivity contribution in [3.63, 3.8) is 0 Å². The molecule has 0 fully saturated rings. The summed E-state index contributed by atoms with van der Waals surface area (Å²) in [5, 5.41) is 0. The monoisotopic (exact) mass is 345 g/mol. The molecule has 3 rings (SSSR count). The number of rotatable bonds is 3. The number of nitrogens with zero attached hydrogens (tertiary/aromatic N) is 1. The first-order valence-corrected chi connectivity index (χ1v) is 9.28. The summed E-state index contributed by atoms with van der Waals surface area (Å²) in [4.78, 5) is 2.36. The third-order valence-corrected chi connectivity index (χ3v) is 4.78. The highest BCUT2D eigenvalue weighted by atomic mass is 32.2. The Morgan fingerprint density at radius 1 is 1.12 bits per heavy atom. The molecular weight excluding hydrogens is 322 g/mol. The van der Waals surface area contributed by atoms with E-state index in [1.54, 1.807) is 12.1 Å². The maximum absolute atomic E-state index is 10.5. The third-order valence-electron chi connectivity index (χ3n) is 3.92. The molecule has 1 N–H and O–H groups in total. The molecule has 0 spiro atoms. The molecule has 0 saturated carbocycles. The number of benzene rings is 2. The molecule has 1 aliphatic rings. The quantitative estimate of drug-likeness (QED) is 0.683. The smallest absolute Gasteiger partial charge is 0.294 e. The van der Waals surface area contributed by atoms with E-state index >= 15 is 0 Å². The van der Waals surface area contributed by atoms with E-state index in [-0.39, 0.29) is 4.90 Å². The van der Waals surface area contributed by atoms with Crippen LogP contribution >= 0.6 is 0 Å². The Balaban J connectivity index is 0.000000177. The number of fused-ring (bicyclic) bond motifs is 1. The normalized spacial score (nSPS) is 14.2. The molecule has 2 aromatic carbocycles. The highest BCUT2D eigenvalue weighted by Crippen LogP contribution is 2.17. The van der Waals surface area contributed by atoms with E-state index in [9.17, 15) is 8.42 Å². The van der Waals surface area contributed by atoms with Gasteiger partial charge in [0.1, 0.15) is 0 Å². The Morgan fingerprint density at radius 2 is 1.75 bits per heavy atom. The lowest BCUT2D eigenvalue weighted by atomic mass is 10.0. The molecule has 0 aromatic heterocycles. The van der Waals surface area contributed by atoms with Crippen LogP contribution in [0.15, 0.2) is 66.1 Å². The lowest BCUT2D eigenvalue weighted by molar-refractivity contribution is 0.282. The zero-order valence-electron chi connectivity index (χ0n) is 13.9. The van der Waals surface area contributed by atoms with E-state index in [1.807, 2.05) is 13.0 Å². The van der Waals surface area contributed by atoms with Crippen LogP contribution in [0.25, 0.3) is 0 Å². The van der Waals surface area contributed by atoms with Gasteiger partial charge in [-0.1, -0.05) is 48.0 Å². The predicted octanol–water partition coefficient (Wildman–Crippen LogP) is 3.47. The molecule has 0 atom stereocenters. The van der Waals surface area contributed by atoms with Gasteiger partial charge < -0.3 is 0 Å². The van der Waals surface area contributed by atoms with Crippen LogP contribution in [0.2, 0.25) is 0 Å². The van der Waals surface area contributed by atoms with Crippen molar-refractivity contribution in [2.45, 2.75) is 24.8 Å². The van der Waals surface area contributed by atoms with Crippen LogP contribution in [-0.2, 0) is 23.1 Å². The van der Waals surface area contributed by atoms with E-state index < -0.39 is 10.1 Å². The number of hydrogen-bond donors (Lipinski definition) is 1. The van der Waals surface area contributed by atoms with Gasteiger partial charge in [0.25, 0.3) is 10.1 Å². The van der Waals surface area contributed by atoms with E-state index in [0.29, 0.717) is 0 Å².